The first-order valence-electron chi connectivity index (χ1n) is 6.54. The Kier molecular flexibility index (Phi) is 5.48. The second-order valence-electron chi connectivity index (χ2n) is 4.83. The van der Waals surface area contributed by atoms with Gasteiger partial charge in [0.25, 0.3) is 11.8 Å². The Bertz CT molecular complexity index is 896. The molecule has 0 saturated heterocycles. The summed E-state index contributed by atoms with van der Waals surface area (Å²) in [4.78, 5) is 24.0. The molecule has 0 heterocycles. The molecule has 0 atom stereocenters. The van der Waals surface area contributed by atoms with Gasteiger partial charge in [-0.1, -0.05) is 23.2 Å². The van der Waals surface area contributed by atoms with E-state index < -0.39 is 21.7 Å². The average molecular weight is 387 g/mol. The van der Waals surface area contributed by atoms with Gasteiger partial charge in [-0.15, -0.1) is 0 Å². The van der Waals surface area contributed by atoms with Crippen LogP contribution in [0.2, 0.25) is 10.0 Å². The van der Waals surface area contributed by atoms with Crippen molar-refractivity contribution in [2.45, 2.75) is 4.90 Å². The fourth-order valence-electron chi connectivity index (χ4n) is 1.78. The molecule has 0 aliphatic carbocycles. The number of amides is 2. The monoisotopic (exact) mass is 386 g/mol. The second kappa shape index (κ2) is 7.21. The summed E-state index contributed by atoms with van der Waals surface area (Å²) in [7, 11) is -3.34. The van der Waals surface area contributed by atoms with Crippen LogP contribution in [0.15, 0.2) is 47.4 Å². The second-order valence-corrected chi connectivity index (χ2v) is 7.69. The molecule has 0 unspecified atom stereocenters. The van der Waals surface area contributed by atoms with Gasteiger partial charge in [0.15, 0.2) is 9.84 Å². The summed E-state index contributed by atoms with van der Waals surface area (Å²) >= 11 is 11.7. The van der Waals surface area contributed by atoms with E-state index in [9.17, 15) is 18.0 Å². The van der Waals surface area contributed by atoms with Crippen LogP contribution < -0.4 is 10.9 Å². The summed E-state index contributed by atoms with van der Waals surface area (Å²) in [6.07, 6.45) is 1.07. The SMILES string of the molecule is CS(=O)(=O)c1ccc(C(=O)NNC(=O)c2cc(Cl)ccc2Cl)cc1. The van der Waals surface area contributed by atoms with Gasteiger partial charge in [0.1, 0.15) is 0 Å². The molecule has 0 bridgehead atoms. The first-order valence-corrected chi connectivity index (χ1v) is 9.19. The lowest BCUT2D eigenvalue weighted by atomic mass is 10.2. The lowest BCUT2D eigenvalue weighted by molar-refractivity contribution is 0.0846. The number of carbonyl (C=O) groups is 2. The first-order chi connectivity index (χ1) is 11.2. The van der Waals surface area contributed by atoms with Gasteiger partial charge in [-0.25, -0.2) is 8.42 Å². The zero-order valence-electron chi connectivity index (χ0n) is 12.3. The minimum absolute atomic E-state index is 0.0915. The number of carbonyl (C=O) groups excluding carboxylic acids is 2. The van der Waals surface area contributed by atoms with E-state index in [1.165, 1.54) is 42.5 Å². The summed E-state index contributed by atoms with van der Waals surface area (Å²) in [6, 6.07) is 9.65. The van der Waals surface area contributed by atoms with E-state index in [4.69, 9.17) is 23.2 Å². The number of nitrogens with one attached hydrogen (secondary N) is 2. The van der Waals surface area contributed by atoms with E-state index >= 15 is 0 Å². The third-order valence-corrected chi connectivity index (χ3v) is 4.70. The third-order valence-electron chi connectivity index (χ3n) is 3.01. The normalized spacial score (nSPS) is 11.0. The maximum absolute atomic E-state index is 12.0. The highest BCUT2D eigenvalue weighted by molar-refractivity contribution is 7.90. The molecular formula is C15H12Cl2N2O4S. The summed E-state index contributed by atoms with van der Waals surface area (Å²) in [6.45, 7) is 0. The number of halogens is 2. The van der Waals surface area contributed by atoms with Crippen LogP contribution in [-0.4, -0.2) is 26.5 Å². The highest BCUT2D eigenvalue weighted by Gasteiger charge is 2.13. The molecule has 0 fully saturated rings. The predicted octanol–water partition coefficient (Wildman–Crippen LogP) is 2.47. The number of hydrazine groups is 1. The van der Waals surface area contributed by atoms with Crippen LogP contribution in [0.1, 0.15) is 20.7 Å². The van der Waals surface area contributed by atoms with Crippen molar-refractivity contribution in [2.75, 3.05) is 6.26 Å². The van der Waals surface area contributed by atoms with Crippen molar-refractivity contribution in [1.29, 1.82) is 0 Å². The van der Waals surface area contributed by atoms with E-state index in [0.29, 0.717) is 5.02 Å². The van der Waals surface area contributed by atoms with Gasteiger partial charge in [-0.05, 0) is 42.5 Å². The van der Waals surface area contributed by atoms with Crippen molar-refractivity contribution in [3.05, 3.63) is 63.6 Å². The molecule has 0 radical (unpaired) electrons. The summed E-state index contributed by atoms with van der Waals surface area (Å²) < 4.78 is 22.7. The molecule has 0 spiro atoms. The van der Waals surface area contributed by atoms with E-state index in [0.717, 1.165) is 6.26 Å². The van der Waals surface area contributed by atoms with Crippen LogP contribution in [0, 0.1) is 0 Å². The van der Waals surface area contributed by atoms with Gasteiger partial charge in [0, 0.05) is 16.8 Å². The molecule has 2 aromatic rings. The number of sulfone groups is 1. The quantitative estimate of drug-likeness (QED) is 0.792. The van der Waals surface area contributed by atoms with E-state index in [1.807, 2.05) is 0 Å². The molecule has 2 amide bonds. The Balaban J connectivity index is 2.05. The summed E-state index contributed by atoms with van der Waals surface area (Å²) in [5, 5.41) is 0.510. The van der Waals surface area contributed by atoms with E-state index in [2.05, 4.69) is 10.9 Å². The Morgan fingerprint density at radius 3 is 2.08 bits per heavy atom. The van der Waals surface area contributed by atoms with Crippen molar-refractivity contribution in [1.82, 2.24) is 10.9 Å². The van der Waals surface area contributed by atoms with Crippen LogP contribution in [0.5, 0.6) is 0 Å². The maximum atomic E-state index is 12.0. The van der Waals surface area contributed by atoms with Crippen LogP contribution in [0.25, 0.3) is 0 Å². The minimum Gasteiger partial charge on any atom is -0.267 e. The molecule has 126 valence electrons. The van der Waals surface area contributed by atoms with Gasteiger partial charge in [0.05, 0.1) is 15.5 Å². The molecule has 2 aromatic carbocycles. The zero-order chi connectivity index (χ0) is 17.9. The van der Waals surface area contributed by atoms with Gasteiger partial charge in [0.2, 0.25) is 0 Å². The first kappa shape index (κ1) is 18.3. The lowest BCUT2D eigenvalue weighted by Gasteiger charge is -2.09. The molecule has 6 nitrogen and oxygen atoms in total. The molecule has 0 aromatic heterocycles. The number of benzene rings is 2. The molecule has 0 aliphatic rings. The van der Waals surface area contributed by atoms with Crippen molar-refractivity contribution >= 4 is 44.9 Å². The zero-order valence-corrected chi connectivity index (χ0v) is 14.7. The van der Waals surface area contributed by atoms with E-state index in [1.54, 1.807) is 0 Å². The van der Waals surface area contributed by atoms with Crippen LogP contribution >= 0.6 is 23.2 Å². The maximum Gasteiger partial charge on any atom is 0.271 e. The van der Waals surface area contributed by atoms with Gasteiger partial charge in [-0.3, -0.25) is 20.4 Å². The molecule has 24 heavy (non-hydrogen) atoms. The molecule has 9 heteroatoms. The Labute approximate surface area is 148 Å². The predicted molar refractivity (Wildman–Crippen MR) is 90.9 cm³/mol. The van der Waals surface area contributed by atoms with Crippen LogP contribution in [0.3, 0.4) is 0 Å². The largest absolute Gasteiger partial charge is 0.271 e. The minimum atomic E-state index is -3.34. The average Bonchev–Trinajstić information content (AvgIpc) is 2.53. The number of hydrogen-bond donors (Lipinski definition) is 2. The Morgan fingerprint density at radius 2 is 1.50 bits per heavy atom. The van der Waals surface area contributed by atoms with Crippen molar-refractivity contribution in [3.63, 3.8) is 0 Å². The van der Waals surface area contributed by atoms with Crippen molar-refractivity contribution in [2.24, 2.45) is 0 Å². The third kappa shape index (κ3) is 4.47. The van der Waals surface area contributed by atoms with Gasteiger partial charge < -0.3 is 0 Å². The summed E-state index contributed by atoms with van der Waals surface area (Å²) in [5.74, 6) is -1.25. The number of hydrogen-bond acceptors (Lipinski definition) is 4. The standard InChI is InChI=1S/C15H12Cl2N2O4S/c1-24(22,23)11-5-2-9(3-6-11)14(20)18-19-15(21)12-8-10(16)4-7-13(12)17/h2-8H,1H3,(H,18,20)(H,19,21). The van der Waals surface area contributed by atoms with Gasteiger partial charge in [-0.2, -0.15) is 0 Å². The van der Waals surface area contributed by atoms with Crippen LogP contribution in [-0.2, 0) is 9.84 Å². The van der Waals surface area contributed by atoms with Crippen LogP contribution in [0.4, 0.5) is 0 Å². The van der Waals surface area contributed by atoms with Crippen molar-refractivity contribution in [3.8, 4) is 0 Å². The van der Waals surface area contributed by atoms with Gasteiger partial charge >= 0.3 is 0 Å². The molecule has 2 N–H and O–H groups in total. The topological polar surface area (TPSA) is 92.3 Å². The summed E-state index contributed by atoms with van der Waals surface area (Å²) in [5.41, 5.74) is 4.71. The highest BCUT2D eigenvalue weighted by atomic mass is 35.5. The molecular weight excluding hydrogens is 375 g/mol. The highest BCUT2D eigenvalue weighted by Crippen LogP contribution is 2.20. The molecule has 0 saturated carbocycles. The lowest BCUT2D eigenvalue weighted by Crippen LogP contribution is -2.41. The Hall–Kier alpha value is -2.09. The number of rotatable bonds is 3. The molecule has 0 aliphatic heterocycles. The Morgan fingerprint density at radius 1 is 0.917 bits per heavy atom. The van der Waals surface area contributed by atoms with Crippen molar-refractivity contribution < 1.29 is 18.0 Å². The fourth-order valence-corrected chi connectivity index (χ4v) is 2.78. The molecule has 2 rings (SSSR count). The fraction of sp³-hybridized carbons (Fsp3) is 0.0667. The van der Waals surface area contributed by atoms with E-state index in [-0.39, 0.29) is 21.0 Å². The smallest absolute Gasteiger partial charge is 0.267 e.